The minimum absolute atomic E-state index is 0.203. The largest absolute Gasteiger partial charge is 0.393 e. The zero-order valence-corrected chi connectivity index (χ0v) is 18.5. The van der Waals surface area contributed by atoms with Crippen LogP contribution in [0.4, 0.5) is 0 Å². The Morgan fingerprint density at radius 3 is 2.19 bits per heavy atom. The average Bonchev–Trinajstić information content (AvgIpc) is 2.63. The maximum atomic E-state index is 10.7. The maximum absolute atomic E-state index is 10.7. The first kappa shape index (κ1) is 23.2. The van der Waals surface area contributed by atoms with Crippen molar-refractivity contribution in [3.8, 4) is 0 Å². The molecule has 4 unspecified atom stereocenters. The second-order valence-corrected chi connectivity index (χ2v) is 10.5. The van der Waals surface area contributed by atoms with E-state index in [-0.39, 0.29) is 18.1 Å². The molecule has 0 saturated heterocycles. The third kappa shape index (κ3) is 8.86. The van der Waals surface area contributed by atoms with E-state index in [0.717, 1.165) is 30.6 Å². The van der Waals surface area contributed by atoms with Gasteiger partial charge >= 0.3 is 0 Å². The minimum Gasteiger partial charge on any atom is -0.393 e. The van der Waals surface area contributed by atoms with Gasteiger partial charge in [0.25, 0.3) is 0 Å². The summed E-state index contributed by atoms with van der Waals surface area (Å²) in [5.74, 6) is 3.53. The molecule has 2 N–H and O–H groups in total. The van der Waals surface area contributed by atoms with Crippen molar-refractivity contribution in [2.24, 2.45) is 29.6 Å². The van der Waals surface area contributed by atoms with Crippen molar-refractivity contribution in [3.05, 3.63) is 0 Å². The van der Waals surface area contributed by atoms with Crippen molar-refractivity contribution in [3.63, 3.8) is 0 Å². The summed E-state index contributed by atoms with van der Waals surface area (Å²) >= 11 is 0. The molecular weight excluding hydrogens is 332 g/mol. The van der Waals surface area contributed by atoms with Crippen LogP contribution in [0.5, 0.6) is 0 Å². The number of hydrogen-bond donors (Lipinski definition) is 2. The first-order valence-corrected chi connectivity index (χ1v) is 12.3. The van der Waals surface area contributed by atoms with E-state index in [4.69, 9.17) is 0 Å². The monoisotopic (exact) mass is 380 g/mol. The van der Waals surface area contributed by atoms with Crippen LogP contribution in [0.15, 0.2) is 0 Å². The number of rotatable bonds is 11. The molecule has 5 atom stereocenters. The Bertz CT molecular complexity index is 373. The fraction of sp³-hybridized carbons (Fsp3) is 1.00. The van der Waals surface area contributed by atoms with Gasteiger partial charge in [0.1, 0.15) is 0 Å². The van der Waals surface area contributed by atoms with Crippen LogP contribution in [0.25, 0.3) is 0 Å². The van der Waals surface area contributed by atoms with Crippen LogP contribution >= 0.6 is 0 Å². The maximum Gasteiger partial charge on any atom is 0.0572 e. The highest BCUT2D eigenvalue weighted by atomic mass is 16.3. The molecule has 0 aromatic rings. The molecule has 2 aliphatic rings. The van der Waals surface area contributed by atoms with Crippen LogP contribution in [0.3, 0.4) is 0 Å². The van der Waals surface area contributed by atoms with Crippen LogP contribution in [0.1, 0.15) is 117 Å². The van der Waals surface area contributed by atoms with E-state index in [9.17, 15) is 10.2 Å². The summed E-state index contributed by atoms with van der Waals surface area (Å²) in [6.07, 6.45) is 18.8. The summed E-state index contributed by atoms with van der Waals surface area (Å²) < 4.78 is 0. The van der Waals surface area contributed by atoms with E-state index in [0.29, 0.717) is 5.92 Å². The SMILES string of the molecule is CC1CCC([C@@H](O)CC(CCCCCCC2CCCC(C)C2)C(C)O)CC1. The Labute approximate surface area is 169 Å². The lowest BCUT2D eigenvalue weighted by Gasteiger charge is -2.32. The molecule has 0 radical (unpaired) electrons. The van der Waals surface area contributed by atoms with E-state index in [1.165, 1.54) is 83.5 Å². The highest BCUT2D eigenvalue weighted by Crippen LogP contribution is 2.34. The topological polar surface area (TPSA) is 40.5 Å². The quantitative estimate of drug-likeness (QED) is 0.390. The van der Waals surface area contributed by atoms with Gasteiger partial charge in [-0.25, -0.2) is 0 Å². The number of aliphatic hydroxyl groups excluding tert-OH is 2. The number of unbranched alkanes of at least 4 members (excludes halogenated alkanes) is 3. The fourth-order valence-electron chi connectivity index (χ4n) is 5.74. The Hall–Kier alpha value is -0.0800. The van der Waals surface area contributed by atoms with Gasteiger partial charge in [-0.05, 0) is 68.6 Å². The standard InChI is InChI=1S/C25H48O2/c1-19-13-15-23(16-14-19)25(27)18-24(21(3)26)12-7-5-4-6-10-22-11-8-9-20(2)17-22/h19-27H,4-18H2,1-3H3/t19?,20?,21?,22?,23?,24?,25-/m0/s1. The lowest BCUT2D eigenvalue weighted by Crippen LogP contribution is -2.30. The van der Waals surface area contributed by atoms with Crippen LogP contribution in [-0.2, 0) is 0 Å². The smallest absolute Gasteiger partial charge is 0.0572 e. The molecule has 2 saturated carbocycles. The molecule has 0 aromatic heterocycles. The van der Waals surface area contributed by atoms with Gasteiger partial charge in [0.05, 0.1) is 12.2 Å². The molecule has 2 heteroatoms. The molecule has 27 heavy (non-hydrogen) atoms. The van der Waals surface area contributed by atoms with Gasteiger partial charge in [-0.2, -0.15) is 0 Å². The van der Waals surface area contributed by atoms with E-state index < -0.39 is 0 Å². The van der Waals surface area contributed by atoms with E-state index >= 15 is 0 Å². The Morgan fingerprint density at radius 1 is 0.815 bits per heavy atom. The third-order valence-electron chi connectivity index (χ3n) is 7.81. The lowest BCUT2D eigenvalue weighted by molar-refractivity contribution is 0.0230. The van der Waals surface area contributed by atoms with Crippen molar-refractivity contribution in [2.75, 3.05) is 0 Å². The zero-order chi connectivity index (χ0) is 19.6. The molecule has 0 amide bonds. The van der Waals surface area contributed by atoms with Crippen molar-refractivity contribution in [1.29, 1.82) is 0 Å². The summed E-state index contributed by atoms with van der Waals surface area (Å²) in [4.78, 5) is 0. The van der Waals surface area contributed by atoms with Crippen LogP contribution in [0, 0.1) is 29.6 Å². The predicted octanol–water partition coefficient (Wildman–Crippen LogP) is 6.73. The summed E-state index contributed by atoms with van der Waals surface area (Å²) in [5.41, 5.74) is 0. The lowest BCUT2D eigenvalue weighted by atomic mass is 9.77. The zero-order valence-electron chi connectivity index (χ0n) is 18.5. The summed E-state index contributed by atoms with van der Waals surface area (Å²) in [6.45, 7) is 6.67. The third-order valence-corrected chi connectivity index (χ3v) is 7.81. The molecule has 0 bridgehead atoms. The van der Waals surface area contributed by atoms with Gasteiger partial charge in [-0.15, -0.1) is 0 Å². The van der Waals surface area contributed by atoms with Crippen molar-refractivity contribution >= 4 is 0 Å². The highest BCUT2D eigenvalue weighted by molar-refractivity contribution is 4.79. The van der Waals surface area contributed by atoms with Crippen LogP contribution in [-0.4, -0.2) is 22.4 Å². The number of hydrogen-bond acceptors (Lipinski definition) is 2. The molecule has 0 spiro atoms. The molecule has 0 aromatic carbocycles. The Morgan fingerprint density at radius 2 is 1.52 bits per heavy atom. The van der Waals surface area contributed by atoms with Gasteiger partial charge in [-0.3, -0.25) is 0 Å². The summed E-state index contributed by atoms with van der Waals surface area (Å²) in [5, 5.41) is 20.9. The van der Waals surface area contributed by atoms with Crippen LogP contribution in [0.2, 0.25) is 0 Å². The van der Waals surface area contributed by atoms with E-state index in [1.807, 2.05) is 6.92 Å². The van der Waals surface area contributed by atoms with Gasteiger partial charge in [0.15, 0.2) is 0 Å². The predicted molar refractivity (Wildman–Crippen MR) is 116 cm³/mol. The van der Waals surface area contributed by atoms with Gasteiger partial charge in [-0.1, -0.05) is 78.1 Å². The minimum atomic E-state index is -0.286. The first-order chi connectivity index (χ1) is 13.0. The van der Waals surface area contributed by atoms with E-state index in [2.05, 4.69) is 13.8 Å². The van der Waals surface area contributed by atoms with Crippen molar-refractivity contribution in [2.45, 2.75) is 129 Å². The van der Waals surface area contributed by atoms with Gasteiger partial charge in [0.2, 0.25) is 0 Å². The normalized spacial score (nSPS) is 32.8. The average molecular weight is 381 g/mol. The first-order valence-electron chi connectivity index (χ1n) is 12.3. The molecule has 2 nitrogen and oxygen atoms in total. The second kappa shape index (κ2) is 12.5. The second-order valence-electron chi connectivity index (χ2n) is 10.5. The van der Waals surface area contributed by atoms with Gasteiger partial charge < -0.3 is 10.2 Å². The highest BCUT2D eigenvalue weighted by Gasteiger charge is 2.28. The van der Waals surface area contributed by atoms with E-state index in [1.54, 1.807) is 0 Å². The van der Waals surface area contributed by atoms with Crippen LogP contribution < -0.4 is 0 Å². The number of aliphatic hydroxyl groups is 2. The fourth-order valence-corrected chi connectivity index (χ4v) is 5.74. The van der Waals surface area contributed by atoms with Crippen molar-refractivity contribution in [1.82, 2.24) is 0 Å². The molecule has 2 fully saturated rings. The molecule has 0 heterocycles. The molecule has 2 rings (SSSR count). The summed E-state index contributed by atoms with van der Waals surface area (Å²) in [7, 11) is 0. The summed E-state index contributed by atoms with van der Waals surface area (Å²) in [6, 6.07) is 0. The Kier molecular flexibility index (Phi) is 10.7. The van der Waals surface area contributed by atoms with Crippen molar-refractivity contribution < 1.29 is 10.2 Å². The Balaban J connectivity index is 1.57. The molecular formula is C25H48O2. The van der Waals surface area contributed by atoms with Gasteiger partial charge in [0, 0.05) is 0 Å². The molecule has 2 aliphatic carbocycles. The molecule has 160 valence electrons. The molecule has 0 aliphatic heterocycles.